The Morgan fingerprint density at radius 2 is 1.83 bits per heavy atom. The SMILES string of the molecule is COC(=O)c1ccc2c(C3CCCCC3)c3n(c2c1)C[C@@H](N(C)CCN(C)C)COc1ccccc1-3. The lowest BCUT2D eigenvalue weighted by Gasteiger charge is -2.33. The molecule has 0 amide bonds. The lowest BCUT2D eigenvalue weighted by Crippen LogP contribution is -2.43. The molecule has 1 aromatic heterocycles. The Hall–Kier alpha value is -2.83. The number of likely N-dealkylation sites (N-methyl/N-ethyl adjacent to an activating group) is 2. The number of para-hydroxylation sites is 1. The van der Waals surface area contributed by atoms with Crippen molar-refractivity contribution in [2.45, 2.75) is 50.6 Å². The van der Waals surface area contributed by atoms with Gasteiger partial charge in [0.1, 0.15) is 12.4 Å². The van der Waals surface area contributed by atoms with E-state index in [1.165, 1.54) is 55.9 Å². The van der Waals surface area contributed by atoms with Crippen molar-refractivity contribution in [1.82, 2.24) is 14.4 Å². The average Bonchev–Trinajstić information content (AvgIpc) is 3.20. The van der Waals surface area contributed by atoms with Gasteiger partial charge in [-0.05, 0) is 69.7 Å². The maximum absolute atomic E-state index is 12.5. The fourth-order valence-electron chi connectivity index (χ4n) is 5.95. The molecular formula is C30H39N3O3. The molecule has 0 spiro atoms. The van der Waals surface area contributed by atoms with Crippen molar-refractivity contribution in [2.24, 2.45) is 0 Å². The number of hydrogen-bond donors (Lipinski definition) is 0. The summed E-state index contributed by atoms with van der Waals surface area (Å²) < 4.78 is 14.1. The first kappa shape index (κ1) is 24.8. The number of nitrogens with zero attached hydrogens (tertiary/aromatic N) is 3. The average molecular weight is 490 g/mol. The summed E-state index contributed by atoms with van der Waals surface area (Å²) in [7, 11) is 7.87. The molecule has 2 aromatic carbocycles. The molecular weight excluding hydrogens is 450 g/mol. The van der Waals surface area contributed by atoms with Gasteiger partial charge in [-0.1, -0.05) is 37.5 Å². The van der Waals surface area contributed by atoms with Crippen LogP contribution in [-0.4, -0.2) is 74.3 Å². The molecule has 0 radical (unpaired) electrons. The zero-order valence-electron chi connectivity index (χ0n) is 22.1. The summed E-state index contributed by atoms with van der Waals surface area (Å²) in [6, 6.07) is 14.8. The van der Waals surface area contributed by atoms with E-state index in [4.69, 9.17) is 9.47 Å². The fraction of sp³-hybridized carbons (Fsp3) is 0.500. The lowest BCUT2D eigenvalue weighted by molar-refractivity contribution is 0.0601. The van der Waals surface area contributed by atoms with Crippen molar-refractivity contribution in [1.29, 1.82) is 0 Å². The van der Waals surface area contributed by atoms with E-state index in [1.54, 1.807) is 0 Å². The Balaban J connectivity index is 1.72. The molecule has 1 fully saturated rings. The Labute approximate surface area is 214 Å². The molecule has 0 N–H and O–H groups in total. The van der Waals surface area contributed by atoms with E-state index >= 15 is 0 Å². The lowest BCUT2D eigenvalue weighted by atomic mass is 9.81. The van der Waals surface area contributed by atoms with Gasteiger partial charge in [-0.2, -0.15) is 0 Å². The van der Waals surface area contributed by atoms with E-state index in [0.29, 0.717) is 18.1 Å². The predicted molar refractivity (Wildman–Crippen MR) is 145 cm³/mol. The topological polar surface area (TPSA) is 46.9 Å². The van der Waals surface area contributed by atoms with E-state index in [1.807, 2.05) is 12.1 Å². The molecule has 3 aromatic rings. The normalized spacial score (nSPS) is 18.4. The number of methoxy groups -OCH3 is 1. The third-order valence-electron chi connectivity index (χ3n) is 8.03. The molecule has 6 nitrogen and oxygen atoms in total. The standard InChI is InChI=1S/C30H39N3O3/c1-31(2)16-17-32(3)23-19-33-26-18-22(30(34)35-4)14-15-24(26)28(21-10-6-5-7-11-21)29(33)25-12-8-9-13-27(25)36-20-23/h8-9,12-15,18,21,23H,5-7,10-11,16-17,19-20H2,1-4H3/t23-/m1/s1. The van der Waals surface area contributed by atoms with E-state index in [0.717, 1.165) is 36.5 Å². The molecule has 5 rings (SSSR count). The van der Waals surface area contributed by atoms with Gasteiger partial charge in [-0.25, -0.2) is 4.79 Å². The molecule has 2 heterocycles. The van der Waals surface area contributed by atoms with Crippen molar-refractivity contribution >= 4 is 16.9 Å². The van der Waals surface area contributed by atoms with Gasteiger partial charge < -0.3 is 18.9 Å². The number of aromatic nitrogens is 1. The van der Waals surface area contributed by atoms with Gasteiger partial charge in [0.15, 0.2) is 0 Å². The van der Waals surface area contributed by atoms with Crippen molar-refractivity contribution in [3.8, 4) is 17.0 Å². The van der Waals surface area contributed by atoms with Crippen molar-refractivity contribution in [2.75, 3.05) is 47.9 Å². The van der Waals surface area contributed by atoms with E-state index in [-0.39, 0.29) is 12.0 Å². The van der Waals surface area contributed by atoms with Gasteiger partial charge in [-0.15, -0.1) is 0 Å². The second-order valence-electron chi connectivity index (χ2n) is 10.7. The predicted octanol–water partition coefficient (Wildman–Crippen LogP) is 5.40. The van der Waals surface area contributed by atoms with Crippen molar-refractivity contribution in [3.63, 3.8) is 0 Å². The molecule has 36 heavy (non-hydrogen) atoms. The van der Waals surface area contributed by atoms with Gasteiger partial charge >= 0.3 is 5.97 Å². The first-order chi connectivity index (χ1) is 17.5. The van der Waals surface area contributed by atoms with Crippen LogP contribution in [0.15, 0.2) is 42.5 Å². The second-order valence-corrected chi connectivity index (χ2v) is 10.7. The molecule has 1 aliphatic carbocycles. The number of hydrogen-bond acceptors (Lipinski definition) is 5. The molecule has 0 unspecified atom stereocenters. The first-order valence-corrected chi connectivity index (χ1v) is 13.3. The van der Waals surface area contributed by atoms with Crippen LogP contribution >= 0.6 is 0 Å². The van der Waals surface area contributed by atoms with E-state index < -0.39 is 0 Å². The number of benzene rings is 2. The smallest absolute Gasteiger partial charge is 0.337 e. The summed E-state index contributed by atoms with van der Waals surface area (Å²) in [4.78, 5) is 17.1. The molecule has 2 aliphatic rings. The Morgan fingerprint density at radius 3 is 2.58 bits per heavy atom. The third-order valence-corrected chi connectivity index (χ3v) is 8.03. The van der Waals surface area contributed by atoms with E-state index in [9.17, 15) is 4.79 Å². The summed E-state index contributed by atoms with van der Waals surface area (Å²) in [5.74, 6) is 1.16. The first-order valence-electron chi connectivity index (χ1n) is 13.3. The summed E-state index contributed by atoms with van der Waals surface area (Å²) >= 11 is 0. The Morgan fingerprint density at radius 1 is 1.06 bits per heavy atom. The zero-order valence-corrected chi connectivity index (χ0v) is 22.1. The number of carbonyl (C=O) groups is 1. The highest BCUT2D eigenvalue weighted by Crippen LogP contribution is 2.47. The highest BCUT2D eigenvalue weighted by Gasteiger charge is 2.31. The summed E-state index contributed by atoms with van der Waals surface area (Å²) in [5.41, 5.74) is 5.57. The summed E-state index contributed by atoms with van der Waals surface area (Å²) in [6.45, 7) is 3.37. The van der Waals surface area contributed by atoms with Gasteiger partial charge in [0.25, 0.3) is 0 Å². The minimum atomic E-state index is -0.291. The highest BCUT2D eigenvalue weighted by atomic mass is 16.5. The van der Waals surface area contributed by atoms with Gasteiger partial charge in [-0.3, -0.25) is 4.90 Å². The van der Waals surface area contributed by atoms with Crippen molar-refractivity contribution in [3.05, 3.63) is 53.6 Å². The summed E-state index contributed by atoms with van der Waals surface area (Å²) in [6.07, 6.45) is 6.27. The molecule has 1 saturated carbocycles. The van der Waals surface area contributed by atoms with Crippen LogP contribution in [-0.2, 0) is 11.3 Å². The van der Waals surface area contributed by atoms with Crippen LogP contribution in [0.3, 0.4) is 0 Å². The van der Waals surface area contributed by atoms with Gasteiger partial charge in [0, 0.05) is 36.1 Å². The largest absolute Gasteiger partial charge is 0.491 e. The Kier molecular flexibility index (Phi) is 7.35. The number of esters is 1. The molecule has 192 valence electrons. The van der Waals surface area contributed by atoms with Crippen LogP contribution in [0.5, 0.6) is 5.75 Å². The van der Waals surface area contributed by atoms with Crippen molar-refractivity contribution < 1.29 is 14.3 Å². The maximum atomic E-state index is 12.5. The van der Waals surface area contributed by atoms with Crippen LogP contribution in [0.1, 0.15) is 53.9 Å². The molecule has 0 bridgehead atoms. The van der Waals surface area contributed by atoms with E-state index in [2.05, 4.69) is 65.8 Å². The van der Waals surface area contributed by atoms with Gasteiger partial charge in [0.2, 0.25) is 0 Å². The maximum Gasteiger partial charge on any atom is 0.337 e. The van der Waals surface area contributed by atoms with Gasteiger partial charge in [0.05, 0.1) is 24.4 Å². The number of carbonyl (C=O) groups excluding carboxylic acids is 1. The number of rotatable bonds is 6. The van der Waals surface area contributed by atoms with Crippen LogP contribution in [0.4, 0.5) is 0 Å². The van der Waals surface area contributed by atoms with Crippen LogP contribution in [0.25, 0.3) is 22.2 Å². The minimum Gasteiger partial charge on any atom is -0.491 e. The molecule has 0 saturated heterocycles. The minimum absolute atomic E-state index is 0.202. The highest BCUT2D eigenvalue weighted by molar-refractivity contribution is 5.99. The number of fused-ring (bicyclic) bond motifs is 5. The monoisotopic (exact) mass is 489 g/mol. The zero-order chi connectivity index (χ0) is 25.2. The second kappa shape index (κ2) is 10.7. The van der Waals surface area contributed by atoms with Crippen LogP contribution in [0.2, 0.25) is 0 Å². The van der Waals surface area contributed by atoms with Crippen LogP contribution in [0, 0.1) is 0 Å². The van der Waals surface area contributed by atoms with Crippen LogP contribution < -0.4 is 4.74 Å². The third kappa shape index (κ3) is 4.76. The Bertz CT molecular complexity index is 1230. The molecule has 1 aliphatic heterocycles. The number of ether oxygens (including phenoxy) is 2. The fourth-order valence-corrected chi connectivity index (χ4v) is 5.95. The molecule has 6 heteroatoms. The summed E-state index contributed by atoms with van der Waals surface area (Å²) in [5, 5.41) is 1.26. The molecule has 1 atom stereocenters. The quantitative estimate of drug-likeness (QED) is 0.434.